The van der Waals surface area contributed by atoms with Crippen molar-refractivity contribution in [1.29, 1.82) is 0 Å². The van der Waals surface area contributed by atoms with E-state index in [1.807, 2.05) is 18.2 Å². The van der Waals surface area contributed by atoms with Gasteiger partial charge in [-0.1, -0.05) is 30.3 Å². The molecule has 0 aliphatic rings. The average molecular weight is 372 g/mol. The molecule has 0 radical (unpaired) electrons. The normalized spacial score (nSPS) is 10.5. The van der Waals surface area contributed by atoms with Crippen LogP contribution in [0.5, 0.6) is 0 Å². The quantitative estimate of drug-likeness (QED) is 0.715. The van der Waals surface area contributed by atoms with Crippen molar-refractivity contribution in [2.24, 2.45) is 0 Å². The lowest BCUT2D eigenvalue weighted by Gasteiger charge is -2.12. The van der Waals surface area contributed by atoms with E-state index in [9.17, 15) is 18.4 Å². The van der Waals surface area contributed by atoms with Crippen LogP contribution in [0, 0.1) is 11.6 Å². The van der Waals surface area contributed by atoms with Crippen molar-refractivity contribution in [3.8, 4) is 11.4 Å². The molecule has 0 saturated carbocycles. The molecule has 2 N–H and O–H groups in total. The molecule has 0 aliphatic heterocycles. The molecular weight excluding hydrogens is 358 g/mol. The maximum absolute atomic E-state index is 13.5. The molecule has 0 atom stereocenters. The molecule has 0 aliphatic carbocycles. The number of halogens is 2. The molecule has 1 aromatic heterocycles. The van der Waals surface area contributed by atoms with Crippen LogP contribution in [0.25, 0.3) is 11.4 Å². The molecule has 0 unspecified atom stereocenters. The molecule has 2 amide bonds. The van der Waals surface area contributed by atoms with E-state index in [1.165, 1.54) is 6.92 Å². The van der Waals surface area contributed by atoms with Crippen LogP contribution >= 0.6 is 0 Å². The van der Waals surface area contributed by atoms with Crippen LogP contribution in [0.1, 0.15) is 6.92 Å². The summed E-state index contributed by atoms with van der Waals surface area (Å²) in [4.78, 5) is 24.5. The molecule has 1 heterocycles. The van der Waals surface area contributed by atoms with Crippen molar-refractivity contribution in [3.05, 3.63) is 54.1 Å². The number of benzene rings is 2. The van der Waals surface area contributed by atoms with Gasteiger partial charge >= 0.3 is 0 Å². The Balaban J connectivity index is 1.74. The summed E-state index contributed by atoms with van der Waals surface area (Å²) in [7, 11) is 0. The summed E-state index contributed by atoms with van der Waals surface area (Å²) in [6.45, 7) is 0.898. The number of amides is 2. The molecule has 138 valence electrons. The van der Waals surface area contributed by atoms with Crippen molar-refractivity contribution < 1.29 is 18.4 Å². The van der Waals surface area contributed by atoms with Crippen molar-refractivity contribution in [2.75, 3.05) is 10.6 Å². The Morgan fingerprint density at radius 2 is 1.67 bits per heavy atom. The molecule has 10 heteroatoms. The van der Waals surface area contributed by atoms with Crippen molar-refractivity contribution in [3.63, 3.8) is 0 Å². The van der Waals surface area contributed by atoms with E-state index in [2.05, 4.69) is 26.0 Å². The van der Waals surface area contributed by atoms with Crippen molar-refractivity contribution in [1.82, 2.24) is 20.2 Å². The van der Waals surface area contributed by atoms with Crippen LogP contribution in [0.15, 0.2) is 42.5 Å². The topological polar surface area (TPSA) is 102 Å². The van der Waals surface area contributed by atoms with E-state index in [0.717, 1.165) is 22.5 Å². The predicted molar refractivity (Wildman–Crippen MR) is 92.5 cm³/mol. The number of rotatable bonds is 5. The van der Waals surface area contributed by atoms with Gasteiger partial charge < -0.3 is 10.6 Å². The maximum atomic E-state index is 13.5. The molecule has 8 nitrogen and oxygen atoms in total. The number of aromatic nitrogens is 4. The molecule has 2 aromatic carbocycles. The van der Waals surface area contributed by atoms with Crippen LogP contribution in [-0.2, 0) is 16.1 Å². The Morgan fingerprint density at radius 1 is 1.04 bits per heavy atom. The first-order chi connectivity index (χ1) is 12.9. The molecule has 0 fully saturated rings. The lowest BCUT2D eigenvalue weighted by molar-refractivity contribution is -0.117. The molecule has 0 spiro atoms. The fourth-order valence-electron chi connectivity index (χ4n) is 2.27. The van der Waals surface area contributed by atoms with Gasteiger partial charge in [0.25, 0.3) is 0 Å². The van der Waals surface area contributed by atoms with Gasteiger partial charge in [0.1, 0.15) is 6.54 Å². The summed E-state index contributed by atoms with van der Waals surface area (Å²) in [5.74, 6) is -3.08. The third-order valence-electron chi connectivity index (χ3n) is 3.42. The van der Waals surface area contributed by atoms with Gasteiger partial charge in [-0.2, -0.15) is 4.80 Å². The van der Waals surface area contributed by atoms with Crippen LogP contribution < -0.4 is 10.6 Å². The predicted octanol–water partition coefficient (Wildman–Crippen LogP) is 2.22. The summed E-state index contributed by atoms with van der Waals surface area (Å²) in [5.41, 5.74) is 0.585. The molecule has 0 saturated heterocycles. The van der Waals surface area contributed by atoms with Crippen molar-refractivity contribution >= 4 is 23.2 Å². The van der Waals surface area contributed by atoms with Crippen LogP contribution in [0.2, 0.25) is 0 Å². The smallest absolute Gasteiger partial charge is 0.248 e. The zero-order valence-electron chi connectivity index (χ0n) is 14.1. The lowest BCUT2D eigenvalue weighted by Crippen LogP contribution is -2.22. The number of tetrazole rings is 1. The van der Waals surface area contributed by atoms with Crippen LogP contribution in [0.4, 0.5) is 20.2 Å². The number of hydrogen-bond donors (Lipinski definition) is 2. The van der Waals surface area contributed by atoms with Gasteiger partial charge in [-0.15, -0.1) is 10.2 Å². The van der Waals surface area contributed by atoms with Gasteiger partial charge in [-0.05, 0) is 5.21 Å². The zero-order valence-corrected chi connectivity index (χ0v) is 14.1. The maximum Gasteiger partial charge on any atom is 0.248 e. The van der Waals surface area contributed by atoms with E-state index < -0.39 is 23.4 Å². The van der Waals surface area contributed by atoms with Gasteiger partial charge in [0.15, 0.2) is 11.6 Å². The Kier molecular flexibility index (Phi) is 5.15. The van der Waals surface area contributed by atoms with Crippen LogP contribution in [0.3, 0.4) is 0 Å². The van der Waals surface area contributed by atoms with E-state index in [-0.39, 0.29) is 17.9 Å². The van der Waals surface area contributed by atoms with Gasteiger partial charge in [-0.3, -0.25) is 9.59 Å². The molecule has 3 aromatic rings. The summed E-state index contributed by atoms with van der Waals surface area (Å²) >= 11 is 0. The summed E-state index contributed by atoms with van der Waals surface area (Å²) < 4.78 is 26.9. The second kappa shape index (κ2) is 7.68. The van der Waals surface area contributed by atoms with Gasteiger partial charge in [-0.25, -0.2) is 8.78 Å². The second-order valence-corrected chi connectivity index (χ2v) is 5.55. The van der Waals surface area contributed by atoms with Crippen LogP contribution in [-0.4, -0.2) is 32.0 Å². The number of nitrogens with one attached hydrogen (secondary N) is 2. The summed E-state index contributed by atoms with van der Waals surface area (Å²) in [6.07, 6.45) is 0. The number of carbonyl (C=O) groups is 2. The van der Waals surface area contributed by atoms with Crippen molar-refractivity contribution in [2.45, 2.75) is 13.5 Å². The minimum Gasteiger partial charge on any atom is -0.324 e. The largest absolute Gasteiger partial charge is 0.324 e. The molecule has 3 rings (SSSR count). The highest BCUT2D eigenvalue weighted by molar-refractivity contribution is 5.98. The third kappa shape index (κ3) is 4.48. The highest BCUT2D eigenvalue weighted by Crippen LogP contribution is 2.25. The first kappa shape index (κ1) is 18.1. The molecular formula is C17H14F2N6O2. The molecule has 0 bridgehead atoms. The number of anilines is 2. The van der Waals surface area contributed by atoms with E-state index in [4.69, 9.17) is 0 Å². The Bertz CT molecular complexity index is 990. The lowest BCUT2D eigenvalue weighted by atomic mass is 10.2. The SMILES string of the molecule is CC(=O)Nc1cc(F)c(F)cc1NC(=O)Cn1nnc(-c2ccccc2)n1. The second-order valence-electron chi connectivity index (χ2n) is 5.55. The molecule has 27 heavy (non-hydrogen) atoms. The monoisotopic (exact) mass is 372 g/mol. The summed E-state index contributed by atoms with van der Waals surface area (Å²) in [6, 6.07) is 10.6. The van der Waals surface area contributed by atoms with E-state index in [0.29, 0.717) is 5.82 Å². The van der Waals surface area contributed by atoms with Gasteiger partial charge in [0, 0.05) is 24.6 Å². The minimum absolute atomic E-state index is 0.0636. The average Bonchev–Trinajstić information content (AvgIpc) is 3.08. The number of hydrogen-bond acceptors (Lipinski definition) is 5. The number of nitrogens with zero attached hydrogens (tertiary/aromatic N) is 4. The first-order valence-electron chi connectivity index (χ1n) is 7.82. The number of carbonyl (C=O) groups excluding carboxylic acids is 2. The minimum atomic E-state index is -1.16. The van der Waals surface area contributed by atoms with E-state index >= 15 is 0 Å². The van der Waals surface area contributed by atoms with Gasteiger partial charge in [0.05, 0.1) is 11.4 Å². The summed E-state index contributed by atoms with van der Waals surface area (Å²) in [5, 5.41) is 16.5. The first-order valence-corrected chi connectivity index (χ1v) is 7.82. The standard InChI is InChI=1S/C17H14F2N6O2/c1-10(26)20-14-7-12(18)13(19)8-15(14)21-16(27)9-25-23-17(22-24-25)11-5-3-2-4-6-11/h2-8H,9H2,1H3,(H,20,26)(H,21,27). The van der Waals surface area contributed by atoms with Gasteiger partial charge in [0.2, 0.25) is 17.6 Å². The Hall–Kier alpha value is -3.69. The fraction of sp³-hybridized carbons (Fsp3) is 0.118. The fourth-order valence-corrected chi connectivity index (χ4v) is 2.27. The zero-order chi connectivity index (χ0) is 19.4. The highest BCUT2D eigenvalue weighted by atomic mass is 19.2. The highest BCUT2D eigenvalue weighted by Gasteiger charge is 2.15. The Morgan fingerprint density at radius 3 is 2.30 bits per heavy atom. The third-order valence-corrected chi connectivity index (χ3v) is 3.42. The Labute approximate surface area is 152 Å². The van der Waals surface area contributed by atoms with E-state index in [1.54, 1.807) is 12.1 Å².